The first-order chi connectivity index (χ1) is 13.6. The first-order valence-corrected chi connectivity index (χ1v) is 9.86. The van der Waals surface area contributed by atoms with Crippen LogP contribution in [0, 0.1) is 13.8 Å². The Morgan fingerprint density at radius 3 is 2.57 bits per heavy atom. The van der Waals surface area contributed by atoms with Crippen molar-refractivity contribution >= 4 is 34.3 Å². The van der Waals surface area contributed by atoms with E-state index >= 15 is 0 Å². The van der Waals surface area contributed by atoms with Crippen LogP contribution in [0.25, 0.3) is 17.1 Å². The summed E-state index contributed by atoms with van der Waals surface area (Å²) in [5.41, 5.74) is 8.54. The van der Waals surface area contributed by atoms with E-state index < -0.39 is 0 Å². The first-order valence-electron chi connectivity index (χ1n) is 8.60. The Morgan fingerprint density at radius 1 is 1.07 bits per heavy atom. The minimum absolute atomic E-state index is 0.685. The summed E-state index contributed by atoms with van der Waals surface area (Å²) in [6.45, 7) is 4.04. The Balaban J connectivity index is 1.50. The monoisotopic (exact) mass is 408 g/mol. The number of hydrogen-bond acceptors (Lipinski definition) is 6. The van der Waals surface area contributed by atoms with E-state index in [1.165, 1.54) is 16.9 Å². The van der Waals surface area contributed by atoms with Crippen molar-refractivity contribution in [1.82, 2.24) is 20.0 Å². The van der Waals surface area contributed by atoms with E-state index in [2.05, 4.69) is 44.9 Å². The largest absolute Gasteiger partial charge is 0.253 e. The molecule has 2 aromatic heterocycles. The molecule has 6 nitrogen and oxygen atoms in total. The lowest BCUT2D eigenvalue weighted by Gasteiger charge is -2.03. The maximum Gasteiger partial charge on any atom is 0.203 e. The average Bonchev–Trinajstić information content (AvgIpc) is 3.31. The number of nitrogens with zero attached hydrogens (tertiary/aromatic N) is 5. The molecule has 0 unspecified atom stereocenters. The summed E-state index contributed by atoms with van der Waals surface area (Å²) in [7, 11) is 0. The normalized spacial score (nSPS) is 11.2. The molecule has 0 aliphatic rings. The van der Waals surface area contributed by atoms with Crippen molar-refractivity contribution in [2.24, 2.45) is 5.10 Å². The molecule has 2 heterocycles. The highest BCUT2D eigenvalue weighted by molar-refractivity contribution is 7.14. The molecule has 0 radical (unpaired) electrons. The van der Waals surface area contributed by atoms with Gasteiger partial charge >= 0.3 is 0 Å². The highest BCUT2D eigenvalue weighted by Gasteiger charge is 2.15. The van der Waals surface area contributed by atoms with Gasteiger partial charge in [0.1, 0.15) is 11.4 Å². The van der Waals surface area contributed by atoms with E-state index in [0.717, 1.165) is 28.3 Å². The Bertz CT molecular complexity index is 1110. The molecule has 28 heavy (non-hydrogen) atoms. The molecule has 0 aliphatic heterocycles. The van der Waals surface area contributed by atoms with Gasteiger partial charge in [-0.15, -0.1) is 16.4 Å². The molecule has 0 spiro atoms. The van der Waals surface area contributed by atoms with E-state index in [-0.39, 0.29) is 0 Å². The predicted molar refractivity (Wildman–Crippen MR) is 115 cm³/mol. The van der Waals surface area contributed by atoms with E-state index in [1.807, 2.05) is 53.4 Å². The predicted octanol–water partition coefficient (Wildman–Crippen LogP) is 5.11. The van der Waals surface area contributed by atoms with Crippen LogP contribution in [0.4, 0.5) is 5.13 Å². The lowest BCUT2D eigenvalue weighted by molar-refractivity contribution is 0.785. The molecule has 4 rings (SSSR count). The zero-order valence-corrected chi connectivity index (χ0v) is 16.9. The molecule has 8 heteroatoms. The van der Waals surface area contributed by atoms with Crippen molar-refractivity contribution in [2.45, 2.75) is 13.8 Å². The molecule has 0 fully saturated rings. The number of aryl methyl sites for hydroxylation is 1. The molecule has 0 saturated heterocycles. The van der Waals surface area contributed by atoms with Crippen LogP contribution in [0.5, 0.6) is 0 Å². The lowest BCUT2D eigenvalue weighted by Crippen LogP contribution is -1.99. The second-order valence-electron chi connectivity index (χ2n) is 6.23. The number of hydrazone groups is 1. The summed E-state index contributed by atoms with van der Waals surface area (Å²) in [5, 5.41) is 16.1. The highest BCUT2D eigenvalue weighted by Crippen LogP contribution is 2.26. The molecular formula is C20H17ClN6S. The molecule has 2 aromatic carbocycles. The molecule has 0 bridgehead atoms. The summed E-state index contributed by atoms with van der Waals surface area (Å²) >= 11 is 7.35. The second-order valence-corrected chi connectivity index (χ2v) is 7.52. The van der Waals surface area contributed by atoms with Gasteiger partial charge in [-0.3, -0.25) is 5.43 Å². The Labute approximate surface area is 171 Å². The smallest absolute Gasteiger partial charge is 0.203 e. The third-order valence-electron chi connectivity index (χ3n) is 4.16. The van der Waals surface area contributed by atoms with Crippen molar-refractivity contribution < 1.29 is 0 Å². The van der Waals surface area contributed by atoms with E-state index in [4.69, 9.17) is 11.6 Å². The minimum Gasteiger partial charge on any atom is -0.253 e. The molecule has 0 amide bonds. The van der Waals surface area contributed by atoms with Gasteiger partial charge in [0.05, 0.1) is 17.6 Å². The molecule has 0 atom stereocenters. The van der Waals surface area contributed by atoms with Crippen LogP contribution in [-0.4, -0.2) is 26.2 Å². The zero-order valence-electron chi connectivity index (χ0n) is 15.3. The van der Waals surface area contributed by atoms with Crippen LogP contribution in [0.3, 0.4) is 0 Å². The standard InChI is InChI=1S/C20H17ClN6S/c1-13-3-9-17(10-4-13)27-14(2)19(24-26-27)18-12-28-20(23-18)25-22-11-15-5-7-16(21)8-6-15/h3-12H,1-2H3,(H,23,25)/b22-11+. The summed E-state index contributed by atoms with van der Waals surface area (Å²) in [5.74, 6) is 0. The van der Waals surface area contributed by atoms with Gasteiger partial charge in [-0.05, 0) is 43.7 Å². The van der Waals surface area contributed by atoms with Gasteiger partial charge in [0.25, 0.3) is 0 Å². The van der Waals surface area contributed by atoms with Gasteiger partial charge in [-0.2, -0.15) is 5.10 Å². The summed E-state index contributed by atoms with van der Waals surface area (Å²) in [6.07, 6.45) is 1.72. The molecular weight excluding hydrogens is 392 g/mol. The van der Waals surface area contributed by atoms with Gasteiger partial charge in [0.15, 0.2) is 0 Å². The minimum atomic E-state index is 0.685. The van der Waals surface area contributed by atoms with Crippen LogP contribution in [0.2, 0.25) is 5.02 Å². The Morgan fingerprint density at radius 2 is 1.82 bits per heavy atom. The fraction of sp³-hybridized carbons (Fsp3) is 0.100. The quantitative estimate of drug-likeness (QED) is 0.368. The zero-order chi connectivity index (χ0) is 19.5. The van der Waals surface area contributed by atoms with Crippen LogP contribution < -0.4 is 5.43 Å². The van der Waals surface area contributed by atoms with E-state index in [0.29, 0.717) is 10.2 Å². The van der Waals surface area contributed by atoms with Gasteiger partial charge in [0.2, 0.25) is 5.13 Å². The van der Waals surface area contributed by atoms with Gasteiger partial charge in [-0.25, -0.2) is 9.67 Å². The SMILES string of the molecule is Cc1ccc(-n2nnc(-c3csc(N/N=C/c4ccc(Cl)cc4)n3)c2C)cc1. The van der Waals surface area contributed by atoms with Crippen molar-refractivity contribution in [1.29, 1.82) is 0 Å². The van der Waals surface area contributed by atoms with E-state index in [9.17, 15) is 0 Å². The Hall–Kier alpha value is -3.03. The summed E-state index contributed by atoms with van der Waals surface area (Å²) in [4.78, 5) is 4.56. The second kappa shape index (κ2) is 7.92. The fourth-order valence-electron chi connectivity index (χ4n) is 2.64. The molecule has 0 aliphatic carbocycles. The first kappa shape index (κ1) is 18.3. The van der Waals surface area contributed by atoms with Crippen molar-refractivity contribution in [3.63, 3.8) is 0 Å². The molecule has 0 saturated carbocycles. The van der Waals surface area contributed by atoms with Crippen LogP contribution in [0.1, 0.15) is 16.8 Å². The van der Waals surface area contributed by atoms with Crippen LogP contribution in [-0.2, 0) is 0 Å². The van der Waals surface area contributed by atoms with Crippen LogP contribution in [0.15, 0.2) is 59.0 Å². The van der Waals surface area contributed by atoms with Crippen LogP contribution >= 0.6 is 22.9 Å². The summed E-state index contributed by atoms with van der Waals surface area (Å²) < 4.78 is 1.82. The molecule has 4 aromatic rings. The Kier molecular flexibility index (Phi) is 5.18. The number of thiazole rings is 1. The number of hydrogen-bond donors (Lipinski definition) is 1. The number of halogens is 1. The lowest BCUT2D eigenvalue weighted by atomic mass is 10.2. The number of aromatic nitrogens is 4. The van der Waals surface area contributed by atoms with Crippen molar-refractivity contribution in [2.75, 3.05) is 5.43 Å². The number of nitrogens with one attached hydrogen (secondary N) is 1. The average molecular weight is 409 g/mol. The van der Waals surface area contributed by atoms with E-state index in [1.54, 1.807) is 6.21 Å². The molecule has 140 valence electrons. The van der Waals surface area contributed by atoms with Crippen molar-refractivity contribution in [3.05, 3.63) is 75.8 Å². The summed E-state index contributed by atoms with van der Waals surface area (Å²) in [6, 6.07) is 15.6. The maximum absolute atomic E-state index is 5.88. The number of anilines is 1. The van der Waals surface area contributed by atoms with Crippen molar-refractivity contribution in [3.8, 4) is 17.1 Å². The fourth-order valence-corrected chi connectivity index (χ4v) is 3.41. The van der Waals surface area contributed by atoms with Gasteiger partial charge < -0.3 is 0 Å². The highest BCUT2D eigenvalue weighted by atomic mass is 35.5. The number of rotatable bonds is 5. The third kappa shape index (κ3) is 3.95. The third-order valence-corrected chi connectivity index (χ3v) is 5.16. The van der Waals surface area contributed by atoms with Gasteiger partial charge in [-0.1, -0.05) is 46.6 Å². The molecule has 1 N–H and O–H groups in total. The topological polar surface area (TPSA) is 68.0 Å². The number of benzene rings is 2. The maximum atomic E-state index is 5.88. The van der Waals surface area contributed by atoms with Gasteiger partial charge in [0, 0.05) is 10.4 Å².